The predicted molar refractivity (Wildman–Crippen MR) is 86.7 cm³/mol. The zero-order valence-corrected chi connectivity index (χ0v) is 13.5. The summed E-state index contributed by atoms with van der Waals surface area (Å²) in [6.45, 7) is 2.53. The summed E-state index contributed by atoms with van der Waals surface area (Å²) >= 11 is 0. The molecule has 2 heterocycles. The van der Waals surface area contributed by atoms with E-state index in [1.165, 1.54) is 25.0 Å². The number of halogens is 1. The van der Waals surface area contributed by atoms with Crippen LogP contribution in [0.5, 0.6) is 0 Å². The van der Waals surface area contributed by atoms with Crippen LogP contribution in [0.2, 0.25) is 0 Å². The lowest BCUT2D eigenvalue weighted by Crippen LogP contribution is -2.34. The Kier molecular flexibility index (Phi) is 4.03. The van der Waals surface area contributed by atoms with Crippen molar-refractivity contribution in [1.29, 1.82) is 5.26 Å². The highest BCUT2D eigenvalue weighted by atomic mass is 19.1. The van der Waals surface area contributed by atoms with Crippen molar-refractivity contribution in [2.24, 2.45) is 0 Å². The Balaban J connectivity index is 1.45. The van der Waals surface area contributed by atoms with Gasteiger partial charge in [-0.05, 0) is 49.9 Å². The van der Waals surface area contributed by atoms with Crippen LogP contribution in [0.1, 0.15) is 60.3 Å². The number of benzene rings is 1. The van der Waals surface area contributed by atoms with Crippen LogP contribution in [-0.4, -0.2) is 33.2 Å². The maximum atomic E-state index is 13.3. The molecule has 2 aliphatic rings. The number of hydrogen-bond acceptors (Lipinski definition) is 4. The van der Waals surface area contributed by atoms with Crippen LogP contribution in [0.25, 0.3) is 0 Å². The molecular formula is C18H20FN5. The van der Waals surface area contributed by atoms with Crippen molar-refractivity contribution in [3.8, 4) is 6.07 Å². The molecule has 0 bridgehead atoms. The lowest BCUT2D eigenvalue weighted by molar-refractivity contribution is 0.196. The van der Waals surface area contributed by atoms with Gasteiger partial charge >= 0.3 is 0 Å². The van der Waals surface area contributed by atoms with Gasteiger partial charge in [0.25, 0.3) is 0 Å². The Bertz CT molecular complexity index is 774. The summed E-state index contributed by atoms with van der Waals surface area (Å²) in [7, 11) is 0. The third kappa shape index (κ3) is 3.17. The molecule has 124 valence electrons. The highest BCUT2D eigenvalue weighted by Gasteiger charge is 2.30. The molecule has 1 atom stereocenters. The lowest BCUT2D eigenvalue weighted by Gasteiger charge is -2.31. The Morgan fingerprint density at radius 1 is 1.29 bits per heavy atom. The number of rotatable bonds is 4. The van der Waals surface area contributed by atoms with E-state index >= 15 is 0 Å². The number of likely N-dealkylation sites (tertiary alicyclic amines) is 1. The first-order valence-electron chi connectivity index (χ1n) is 8.56. The van der Waals surface area contributed by atoms with E-state index in [4.69, 9.17) is 0 Å². The van der Waals surface area contributed by atoms with Crippen molar-refractivity contribution in [1.82, 2.24) is 20.1 Å². The van der Waals surface area contributed by atoms with Crippen LogP contribution in [0.3, 0.4) is 0 Å². The molecule has 1 aliphatic heterocycles. The van der Waals surface area contributed by atoms with Crippen LogP contribution < -0.4 is 0 Å². The number of nitrogens with one attached hydrogen (secondary N) is 1. The van der Waals surface area contributed by atoms with Gasteiger partial charge in [-0.15, -0.1) is 0 Å². The van der Waals surface area contributed by atoms with Crippen LogP contribution in [0.4, 0.5) is 4.39 Å². The zero-order valence-electron chi connectivity index (χ0n) is 13.5. The van der Waals surface area contributed by atoms with Crippen LogP contribution >= 0.6 is 0 Å². The molecule has 1 aromatic heterocycles. The van der Waals surface area contributed by atoms with Crippen molar-refractivity contribution in [2.45, 2.75) is 44.1 Å². The largest absolute Gasteiger partial charge is 0.298 e. The van der Waals surface area contributed by atoms with Crippen molar-refractivity contribution >= 4 is 0 Å². The highest BCUT2D eigenvalue weighted by molar-refractivity contribution is 5.37. The molecule has 2 fully saturated rings. The topological polar surface area (TPSA) is 68.6 Å². The number of nitrogens with zero attached hydrogens (tertiary/aromatic N) is 4. The Morgan fingerprint density at radius 3 is 2.96 bits per heavy atom. The Hall–Kier alpha value is -2.26. The molecule has 0 radical (unpaired) electrons. The summed E-state index contributed by atoms with van der Waals surface area (Å²) in [6, 6.07) is 6.55. The van der Waals surface area contributed by atoms with E-state index < -0.39 is 0 Å². The molecule has 6 heteroatoms. The minimum absolute atomic E-state index is 0.327. The average Bonchev–Trinajstić information content (AvgIpc) is 3.33. The third-order valence-electron chi connectivity index (χ3n) is 4.94. The van der Waals surface area contributed by atoms with Gasteiger partial charge in [-0.25, -0.2) is 9.37 Å². The van der Waals surface area contributed by atoms with E-state index in [2.05, 4.69) is 26.2 Å². The molecule has 2 aromatic rings. The first-order valence-corrected chi connectivity index (χ1v) is 8.56. The van der Waals surface area contributed by atoms with Crippen LogP contribution in [0.15, 0.2) is 18.2 Å². The Labute approximate surface area is 140 Å². The number of nitriles is 1. The standard InChI is InChI=1S/C18H20FN5/c19-16-6-5-13(15(8-16)9-20)10-24-7-1-2-14(11-24)18-21-17(22-23-18)12-3-4-12/h5-6,8,12,14H,1-4,7,10-11H2,(H,21,22,23). The minimum Gasteiger partial charge on any atom is -0.298 e. The fourth-order valence-electron chi connectivity index (χ4n) is 3.45. The smallest absolute Gasteiger partial charge is 0.155 e. The molecule has 1 aromatic carbocycles. The van der Waals surface area contributed by atoms with E-state index in [1.54, 1.807) is 6.07 Å². The van der Waals surface area contributed by atoms with Crippen LogP contribution in [0, 0.1) is 17.1 Å². The van der Waals surface area contributed by atoms with Crippen molar-refractivity contribution in [2.75, 3.05) is 13.1 Å². The molecule has 5 nitrogen and oxygen atoms in total. The molecule has 0 spiro atoms. The van der Waals surface area contributed by atoms with Crippen molar-refractivity contribution in [3.05, 3.63) is 46.8 Å². The highest BCUT2D eigenvalue weighted by Crippen LogP contribution is 2.38. The van der Waals surface area contributed by atoms with Gasteiger partial charge in [-0.1, -0.05) is 6.07 Å². The number of aromatic amines is 1. The van der Waals surface area contributed by atoms with Gasteiger partial charge in [-0.2, -0.15) is 10.4 Å². The number of aromatic nitrogens is 3. The SMILES string of the molecule is N#Cc1cc(F)ccc1CN1CCCC(c2n[nH]c(C3CC3)n2)C1. The number of piperidine rings is 1. The lowest BCUT2D eigenvalue weighted by atomic mass is 9.96. The van der Waals surface area contributed by atoms with E-state index in [9.17, 15) is 9.65 Å². The molecule has 4 rings (SSSR count). The average molecular weight is 325 g/mol. The summed E-state index contributed by atoms with van der Waals surface area (Å²) in [5, 5.41) is 16.7. The van der Waals surface area contributed by atoms with Crippen molar-refractivity contribution in [3.63, 3.8) is 0 Å². The predicted octanol–water partition coefficient (Wildman–Crippen LogP) is 3.07. The summed E-state index contributed by atoms with van der Waals surface area (Å²) in [4.78, 5) is 7.00. The first kappa shape index (κ1) is 15.3. The van der Waals surface area contributed by atoms with Gasteiger partial charge in [-0.3, -0.25) is 10.00 Å². The molecule has 1 unspecified atom stereocenters. The van der Waals surface area contributed by atoms with Gasteiger partial charge in [0.05, 0.1) is 11.6 Å². The normalized spacial score (nSPS) is 21.6. The second-order valence-corrected chi connectivity index (χ2v) is 6.84. The van der Waals surface area contributed by atoms with E-state index in [0.29, 0.717) is 23.9 Å². The fraction of sp³-hybridized carbons (Fsp3) is 0.500. The monoisotopic (exact) mass is 325 g/mol. The summed E-state index contributed by atoms with van der Waals surface area (Å²) in [5.74, 6) is 2.51. The van der Waals surface area contributed by atoms with Gasteiger partial charge in [0.15, 0.2) is 5.82 Å². The quantitative estimate of drug-likeness (QED) is 0.938. The first-order chi connectivity index (χ1) is 11.7. The minimum atomic E-state index is -0.361. The second-order valence-electron chi connectivity index (χ2n) is 6.84. The Morgan fingerprint density at radius 2 is 2.17 bits per heavy atom. The zero-order chi connectivity index (χ0) is 16.5. The summed E-state index contributed by atoms with van der Waals surface area (Å²) in [6.07, 6.45) is 4.61. The summed E-state index contributed by atoms with van der Waals surface area (Å²) < 4.78 is 13.3. The van der Waals surface area contributed by atoms with Crippen molar-refractivity contribution < 1.29 is 4.39 Å². The van der Waals surface area contributed by atoms with E-state index in [1.807, 2.05) is 0 Å². The van der Waals surface area contributed by atoms with Gasteiger partial charge < -0.3 is 0 Å². The maximum Gasteiger partial charge on any atom is 0.155 e. The number of H-pyrrole nitrogens is 1. The van der Waals surface area contributed by atoms with Gasteiger partial charge in [0, 0.05) is 24.9 Å². The van der Waals surface area contributed by atoms with E-state index in [0.717, 1.165) is 43.1 Å². The summed E-state index contributed by atoms with van der Waals surface area (Å²) in [5.41, 5.74) is 1.30. The fourth-order valence-corrected chi connectivity index (χ4v) is 3.45. The van der Waals surface area contributed by atoms with Gasteiger partial charge in [0.2, 0.25) is 0 Å². The van der Waals surface area contributed by atoms with E-state index in [-0.39, 0.29) is 5.82 Å². The molecule has 1 aliphatic carbocycles. The van der Waals surface area contributed by atoms with Crippen LogP contribution in [-0.2, 0) is 6.54 Å². The molecule has 1 saturated heterocycles. The molecule has 1 saturated carbocycles. The molecule has 24 heavy (non-hydrogen) atoms. The number of hydrogen-bond donors (Lipinski definition) is 1. The molecule has 1 N–H and O–H groups in total. The second kappa shape index (κ2) is 6.33. The maximum absolute atomic E-state index is 13.3. The molecular weight excluding hydrogens is 305 g/mol. The van der Waals surface area contributed by atoms with Gasteiger partial charge in [0.1, 0.15) is 11.6 Å². The molecule has 0 amide bonds. The third-order valence-corrected chi connectivity index (χ3v) is 4.94.